The fourth-order valence-corrected chi connectivity index (χ4v) is 4.67. The maximum atomic E-state index is 13.1. The largest absolute Gasteiger partial charge is 0.337 e. The van der Waals surface area contributed by atoms with E-state index >= 15 is 0 Å². The topological polar surface area (TPSA) is 77.7 Å². The molecule has 0 bridgehead atoms. The lowest BCUT2D eigenvalue weighted by Gasteiger charge is -2.32. The van der Waals surface area contributed by atoms with Crippen molar-refractivity contribution in [3.8, 4) is 0 Å². The number of rotatable bonds is 4. The van der Waals surface area contributed by atoms with Crippen molar-refractivity contribution >= 4 is 5.91 Å². The maximum absolute atomic E-state index is 13.1. The number of aromatic nitrogens is 4. The second-order valence-electron chi connectivity index (χ2n) is 7.94. The van der Waals surface area contributed by atoms with E-state index in [1.54, 1.807) is 0 Å². The van der Waals surface area contributed by atoms with Gasteiger partial charge in [-0.3, -0.25) is 15.0 Å². The van der Waals surface area contributed by atoms with E-state index in [9.17, 15) is 4.79 Å². The molecule has 0 unspecified atom stereocenters. The molecule has 1 fully saturated rings. The van der Waals surface area contributed by atoms with Crippen molar-refractivity contribution in [3.63, 3.8) is 0 Å². The minimum absolute atomic E-state index is 0.0771. The van der Waals surface area contributed by atoms with Crippen molar-refractivity contribution in [3.05, 3.63) is 70.3 Å². The lowest BCUT2D eigenvalue weighted by atomic mass is 9.90. The number of aromatic amines is 2. The fraction of sp³-hybridized carbons (Fsp3) is 0.409. The standard InChI is InChI=1S/C22H25N5O/c28-22(21-18-9-4-10-19(18)24-26-21)27-11-5-8-16(14-27)20-17(13-23-25-20)12-15-6-2-1-3-7-15/h1-3,6-7,13,16H,4-5,8-12,14H2,(H,23,25)(H,24,26)/t16-/m1/s1. The number of nitrogens with one attached hydrogen (secondary N) is 2. The number of H-pyrrole nitrogens is 2. The van der Waals surface area contributed by atoms with Gasteiger partial charge >= 0.3 is 0 Å². The summed E-state index contributed by atoms with van der Waals surface area (Å²) in [7, 11) is 0. The average Bonchev–Trinajstić information content (AvgIpc) is 3.45. The SMILES string of the molecule is O=C(c1n[nH]c2c1CCC2)N1CCC[C@@H](c2[nH]ncc2Cc2ccccc2)C1. The van der Waals surface area contributed by atoms with Crippen LogP contribution >= 0.6 is 0 Å². The Morgan fingerprint density at radius 2 is 2.04 bits per heavy atom. The summed E-state index contributed by atoms with van der Waals surface area (Å²) in [6.07, 6.45) is 7.97. The van der Waals surface area contributed by atoms with E-state index in [0.29, 0.717) is 11.6 Å². The van der Waals surface area contributed by atoms with Gasteiger partial charge < -0.3 is 4.90 Å². The maximum Gasteiger partial charge on any atom is 0.274 e. The molecule has 28 heavy (non-hydrogen) atoms. The quantitative estimate of drug-likeness (QED) is 0.735. The Morgan fingerprint density at radius 3 is 2.93 bits per heavy atom. The van der Waals surface area contributed by atoms with Crippen LogP contribution in [0.25, 0.3) is 0 Å². The van der Waals surface area contributed by atoms with Crippen LogP contribution in [0.5, 0.6) is 0 Å². The lowest BCUT2D eigenvalue weighted by molar-refractivity contribution is 0.0698. The molecule has 6 nitrogen and oxygen atoms in total. The van der Waals surface area contributed by atoms with Crippen molar-refractivity contribution in [1.29, 1.82) is 0 Å². The van der Waals surface area contributed by atoms with Crippen molar-refractivity contribution < 1.29 is 4.79 Å². The van der Waals surface area contributed by atoms with E-state index in [-0.39, 0.29) is 5.91 Å². The number of amides is 1. The normalized spacial score (nSPS) is 19.0. The minimum Gasteiger partial charge on any atom is -0.337 e. The number of fused-ring (bicyclic) bond motifs is 1. The third-order valence-electron chi connectivity index (χ3n) is 6.11. The smallest absolute Gasteiger partial charge is 0.274 e. The summed E-state index contributed by atoms with van der Waals surface area (Å²) in [5.41, 5.74) is 6.61. The van der Waals surface area contributed by atoms with E-state index in [4.69, 9.17) is 0 Å². The van der Waals surface area contributed by atoms with Crippen LogP contribution in [0.15, 0.2) is 36.5 Å². The van der Waals surface area contributed by atoms with Crippen LogP contribution in [0.1, 0.15) is 63.7 Å². The molecule has 3 heterocycles. The zero-order valence-corrected chi connectivity index (χ0v) is 15.9. The highest BCUT2D eigenvalue weighted by Gasteiger charge is 2.31. The number of likely N-dealkylation sites (tertiary alicyclic amines) is 1. The van der Waals surface area contributed by atoms with Crippen LogP contribution in [0, 0.1) is 0 Å². The van der Waals surface area contributed by atoms with E-state index in [1.165, 1.54) is 16.8 Å². The highest BCUT2D eigenvalue weighted by molar-refractivity contribution is 5.94. The van der Waals surface area contributed by atoms with Crippen LogP contribution in [0.2, 0.25) is 0 Å². The first kappa shape index (κ1) is 17.2. The number of aryl methyl sites for hydroxylation is 1. The second-order valence-corrected chi connectivity index (χ2v) is 7.94. The summed E-state index contributed by atoms with van der Waals surface area (Å²) in [6, 6.07) is 10.5. The summed E-state index contributed by atoms with van der Waals surface area (Å²) in [5.74, 6) is 0.374. The monoisotopic (exact) mass is 375 g/mol. The van der Waals surface area contributed by atoms with Gasteiger partial charge in [0.2, 0.25) is 0 Å². The first-order valence-electron chi connectivity index (χ1n) is 10.2. The Balaban J connectivity index is 1.34. The molecule has 1 saturated heterocycles. The van der Waals surface area contributed by atoms with E-state index in [2.05, 4.69) is 44.7 Å². The van der Waals surface area contributed by atoms with Crippen LogP contribution < -0.4 is 0 Å². The molecule has 6 heteroatoms. The van der Waals surface area contributed by atoms with Gasteiger partial charge in [0.25, 0.3) is 5.91 Å². The molecule has 1 aromatic carbocycles. The van der Waals surface area contributed by atoms with Crippen LogP contribution in [-0.4, -0.2) is 44.3 Å². The third-order valence-corrected chi connectivity index (χ3v) is 6.11. The van der Waals surface area contributed by atoms with Gasteiger partial charge in [0.15, 0.2) is 5.69 Å². The second kappa shape index (κ2) is 7.26. The van der Waals surface area contributed by atoms with Crippen molar-refractivity contribution in [2.75, 3.05) is 13.1 Å². The van der Waals surface area contributed by atoms with Crippen molar-refractivity contribution in [2.24, 2.45) is 0 Å². The Morgan fingerprint density at radius 1 is 1.14 bits per heavy atom. The zero-order chi connectivity index (χ0) is 18.9. The summed E-state index contributed by atoms with van der Waals surface area (Å²) in [6.45, 7) is 1.53. The van der Waals surface area contributed by atoms with Gasteiger partial charge in [0, 0.05) is 42.4 Å². The molecule has 0 spiro atoms. The van der Waals surface area contributed by atoms with Crippen LogP contribution in [0.4, 0.5) is 0 Å². The highest BCUT2D eigenvalue weighted by atomic mass is 16.2. The minimum atomic E-state index is 0.0771. The average molecular weight is 375 g/mol. The van der Waals surface area contributed by atoms with Gasteiger partial charge in [-0.2, -0.15) is 10.2 Å². The Kier molecular flexibility index (Phi) is 4.47. The van der Waals surface area contributed by atoms with Crippen LogP contribution in [0.3, 0.4) is 0 Å². The number of piperidine rings is 1. The van der Waals surface area contributed by atoms with Crippen molar-refractivity contribution in [2.45, 2.75) is 44.4 Å². The molecule has 144 valence electrons. The molecule has 1 atom stereocenters. The number of benzene rings is 1. The third kappa shape index (κ3) is 3.13. The Hall–Kier alpha value is -2.89. The van der Waals surface area contributed by atoms with Gasteiger partial charge in [0.1, 0.15) is 0 Å². The molecule has 1 aliphatic carbocycles. The molecule has 3 aromatic rings. The predicted octanol–water partition coefficient (Wildman–Crippen LogP) is 3.23. The molecule has 2 N–H and O–H groups in total. The van der Waals surface area contributed by atoms with Gasteiger partial charge in [0.05, 0.1) is 6.20 Å². The number of hydrogen-bond acceptors (Lipinski definition) is 3. The fourth-order valence-electron chi connectivity index (χ4n) is 4.67. The van der Waals surface area contributed by atoms with E-state index in [0.717, 1.165) is 62.9 Å². The number of nitrogens with zero attached hydrogens (tertiary/aromatic N) is 3. The van der Waals surface area contributed by atoms with E-state index < -0.39 is 0 Å². The first-order valence-corrected chi connectivity index (χ1v) is 10.2. The molecule has 1 aliphatic heterocycles. The zero-order valence-electron chi connectivity index (χ0n) is 15.9. The van der Waals surface area contributed by atoms with Gasteiger partial charge in [-0.15, -0.1) is 0 Å². The van der Waals surface area contributed by atoms with Gasteiger partial charge in [-0.25, -0.2) is 0 Å². The molecular formula is C22H25N5O. The first-order chi connectivity index (χ1) is 13.8. The summed E-state index contributed by atoms with van der Waals surface area (Å²) >= 11 is 0. The van der Waals surface area contributed by atoms with Gasteiger partial charge in [-0.1, -0.05) is 30.3 Å². The molecule has 0 saturated carbocycles. The predicted molar refractivity (Wildman–Crippen MR) is 106 cm³/mol. The molecular weight excluding hydrogens is 350 g/mol. The highest BCUT2D eigenvalue weighted by Crippen LogP contribution is 2.31. The summed E-state index contributed by atoms with van der Waals surface area (Å²) in [4.78, 5) is 15.1. The van der Waals surface area contributed by atoms with Crippen LogP contribution in [-0.2, 0) is 19.3 Å². The Labute approximate surface area is 164 Å². The number of hydrogen-bond donors (Lipinski definition) is 2. The van der Waals surface area contributed by atoms with Gasteiger partial charge in [-0.05, 0) is 43.2 Å². The van der Waals surface area contributed by atoms with E-state index in [1.807, 2.05) is 17.2 Å². The summed E-state index contributed by atoms with van der Waals surface area (Å²) in [5, 5.41) is 14.9. The Bertz CT molecular complexity index is 974. The molecule has 0 radical (unpaired) electrons. The molecule has 5 rings (SSSR count). The van der Waals surface area contributed by atoms with Crippen molar-refractivity contribution in [1.82, 2.24) is 25.3 Å². The molecule has 2 aliphatic rings. The molecule has 2 aromatic heterocycles. The lowest BCUT2D eigenvalue weighted by Crippen LogP contribution is -2.40. The summed E-state index contributed by atoms with van der Waals surface area (Å²) < 4.78 is 0. The molecule has 1 amide bonds. The number of carbonyl (C=O) groups is 1. The number of carbonyl (C=O) groups excluding carboxylic acids is 1.